The summed E-state index contributed by atoms with van der Waals surface area (Å²) in [5.41, 5.74) is 0. The molecule has 0 aromatic rings. The Morgan fingerprint density at radius 3 is 2.87 bits per heavy atom. The maximum absolute atomic E-state index is 5.66. The SMILES string of the molecule is CCC1OCCC1CNCCCN(C)C. The van der Waals surface area contributed by atoms with Crippen LogP contribution in [0, 0.1) is 5.92 Å². The van der Waals surface area contributed by atoms with E-state index < -0.39 is 0 Å². The lowest BCUT2D eigenvalue weighted by atomic mass is 10.00. The third kappa shape index (κ3) is 4.96. The maximum atomic E-state index is 5.66. The highest BCUT2D eigenvalue weighted by atomic mass is 16.5. The van der Waals surface area contributed by atoms with E-state index in [4.69, 9.17) is 4.74 Å². The molecule has 1 rings (SSSR count). The largest absolute Gasteiger partial charge is 0.378 e. The normalized spacial score (nSPS) is 26.4. The molecule has 15 heavy (non-hydrogen) atoms. The molecule has 0 bridgehead atoms. The van der Waals surface area contributed by atoms with Gasteiger partial charge >= 0.3 is 0 Å². The summed E-state index contributed by atoms with van der Waals surface area (Å²) in [4.78, 5) is 2.23. The quantitative estimate of drug-likeness (QED) is 0.647. The van der Waals surface area contributed by atoms with Gasteiger partial charge in [-0.1, -0.05) is 6.92 Å². The predicted molar refractivity (Wildman–Crippen MR) is 64.2 cm³/mol. The molecule has 1 fully saturated rings. The molecule has 1 aliphatic rings. The Kier molecular flexibility index (Phi) is 6.22. The Bertz CT molecular complexity index is 162. The summed E-state index contributed by atoms with van der Waals surface area (Å²) in [6.45, 7) is 6.61. The number of hydrogen-bond acceptors (Lipinski definition) is 3. The molecule has 0 aromatic carbocycles. The molecule has 2 atom stereocenters. The van der Waals surface area contributed by atoms with Gasteiger partial charge in [0.2, 0.25) is 0 Å². The maximum Gasteiger partial charge on any atom is 0.0613 e. The molecule has 0 spiro atoms. The minimum Gasteiger partial charge on any atom is -0.378 e. The molecule has 3 heteroatoms. The van der Waals surface area contributed by atoms with E-state index in [9.17, 15) is 0 Å². The van der Waals surface area contributed by atoms with Crippen molar-refractivity contribution in [1.82, 2.24) is 10.2 Å². The highest BCUT2D eigenvalue weighted by Crippen LogP contribution is 2.22. The molecule has 0 saturated carbocycles. The molecule has 1 N–H and O–H groups in total. The van der Waals surface area contributed by atoms with E-state index >= 15 is 0 Å². The zero-order chi connectivity index (χ0) is 11.1. The van der Waals surface area contributed by atoms with Gasteiger partial charge in [0, 0.05) is 13.2 Å². The third-order valence-corrected chi connectivity index (χ3v) is 3.11. The van der Waals surface area contributed by atoms with Gasteiger partial charge in [0.15, 0.2) is 0 Å². The number of nitrogens with zero attached hydrogens (tertiary/aromatic N) is 1. The van der Waals surface area contributed by atoms with Crippen molar-refractivity contribution in [3.05, 3.63) is 0 Å². The van der Waals surface area contributed by atoms with Gasteiger partial charge < -0.3 is 15.0 Å². The van der Waals surface area contributed by atoms with Crippen LogP contribution in [0.15, 0.2) is 0 Å². The smallest absolute Gasteiger partial charge is 0.0613 e. The fourth-order valence-electron chi connectivity index (χ4n) is 2.19. The van der Waals surface area contributed by atoms with Crippen molar-refractivity contribution in [1.29, 1.82) is 0 Å². The minimum atomic E-state index is 0.506. The second kappa shape index (κ2) is 7.20. The summed E-state index contributed by atoms with van der Waals surface area (Å²) in [6.07, 6.45) is 4.13. The van der Waals surface area contributed by atoms with Gasteiger partial charge in [-0.05, 0) is 52.4 Å². The first kappa shape index (κ1) is 12.9. The molecule has 3 nitrogen and oxygen atoms in total. The van der Waals surface area contributed by atoms with E-state index in [1.54, 1.807) is 0 Å². The summed E-state index contributed by atoms with van der Waals surface area (Å²) < 4.78 is 5.66. The molecule has 2 unspecified atom stereocenters. The topological polar surface area (TPSA) is 24.5 Å². The Morgan fingerprint density at radius 2 is 2.20 bits per heavy atom. The molecule has 1 heterocycles. The van der Waals surface area contributed by atoms with Crippen LogP contribution in [0.5, 0.6) is 0 Å². The minimum absolute atomic E-state index is 0.506. The van der Waals surface area contributed by atoms with Crippen molar-refractivity contribution >= 4 is 0 Å². The summed E-state index contributed by atoms with van der Waals surface area (Å²) in [5, 5.41) is 3.54. The first-order valence-electron chi connectivity index (χ1n) is 6.21. The number of ether oxygens (including phenoxy) is 1. The van der Waals surface area contributed by atoms with Crippen LogP contribution >= 0.6 is 0 Å². The lowest BCUT2D eigenvalue weighted by molar-refractivity contribution is 0.0873. The Balaban J connectivity index is 1.99. The van der Waals surface area contributed by atoms with Gasteiger partial charge in [0.25, 0.3) is 0 Å². The van der Waals surface area contributed by atoms with Crippen LogP contribution in [0.3, 0.4) is 0 Å². The summed E-state index contributed by atoms with van der Waals surface area (Å²) in [6, 6.07) is 0. The number of hydrogen-bond donors (Lipinski definition) is 1. The molecule has 0 radical (unpaired) electrons. The molecular formula is C12H26N2O. The van der Waals surface area contributed by atoms with Crippen LogP contribution in [-0.4, -0.2) is 51.3 Å². The van der Waals surface area contributed by atoms with Crippen LogP contribution in [0.1, 0.15) is 26.2 Å². The molecule has 1 aliphatic heterocycles. The van der Waals surface area contributed by atoms with Gasteiger partial charge in [-0.25, -0.2) is 0 Å². The van der Waals surface area contributed by atoms with E-state index in [0.717, 1.165) is 32.0 Å². The highest BCUT2D eigenvalue weighted by Gasteiger charge is 2.25. The van der Waals surface area contributed by atoms with E-state index in [1.807, 2.05) is 0 Å². The monoisotopic (exact) mass is 214 g/mol. The van der Waals surface area contributed by atoms with E-state index in [2.05, 4.69) is 31.2 Å². The van der Waals surface area contributed by atoms with Crippen molar-refractivity contribution in [2.24, 2.45) is 5.92 Å². The lowest BCUT2D eigenvalue weighted by Crippen LogP contribution is -2.30. The van der Waals surface area contributed by atoms with Crippen molar-refractivity contribution < 1.29 is 4.74 Å². The average Bonchev–Trinajstić information content (AvgIpc) is 2.64. The standard InChI is InChI=1S/C12H26N2O/c1-4-12-11(6-9-15-12)10-13-7-5-8-14(2)3/h11-13H,4-10H2,1-3H3. The Hall–Kier alpha value is -0.120. The number of nitrogens with one attached hydrogen (secondary N) is 1. The molecule has 90 valence electrons. The van der Waals surface area contributed by atoms with Crippen LogP contribution in [-0.2, 0) is 4.74 Å². The van der Waals surface area contributed by atoms with Crippen molar-refractivity contribution in [3.63, 3.8) is 0 Å². The van der Waals surface area contributed by atoms with Gasteiger partial charge in [0.1, 0.15) is 0 Å². The predicted octanol–water partition coefficient (Wildman–Crippen LogP) is 1.34. The number of rotatable bonds is 7. The van der Waals surface area contributed by atoms with Gasteiger partial charge in [-0.2, -0.15) is 0 Å². The molecule has 1 saturated heterocycles. The zero-order valence-electron chi connectivity index (χ0n) is 10.5. The van der Waals surface area contributed by atoms with Crippen LogP contribution in [0.4, 0.5) is 0 Å². The summed E-state index contributed by atoms with van der Waals surface area (Å²) >= 11 is 0. The van der Waals surface area contributed by atoms with Crippen molar-refractivity contribution in [2.75, 3.05) is 40.3 Å². The second-order valence-electron chi connectivity index (χ2n) is 4.73. The van der Waals surface area contributed by atoms with E-state index in [1.165, 1.54) is 19.4 Å². The molecule has 0 aromatic heterocycles. The van der Waals surface area contributed by atoms with Crippen molar-refractivity contribution in [3.8, 4) is 0 Å². The molecule has 0 aliphatic carbocycles. The molecule has 0 amide bonds. The lowest BCUT2D eigenvalue weighted by Gasteiger charge is -2.17. The van der Waals surface area contributed by atoms with Crippen LogP contribution in [0.25, 0.3) is 0 Å². The van der Waals surface area contributed by atoms with Crippen LogP contribution < -0.4 is 5.32 Å². The van der Waals surface area contributed by atoms with E-state index in [0.29, 0.717) is 6.10 Å². The van der Waals surface area contributed by atoms with Crippen molar-refractivity contribution in [2.45, 2.75) is 32.3 Å². The fourth-order valence-corrected chi connectivity index (χ4v) is 2.19. The summed E-state index contributed by atoms with van der Waals surface area (Å²) in [7, 11) is 4.25. The first-order valence-corrected chi connectivity index (χ1v) is 6.21. The Morgan fingerprint density at radius 1 is 1.40 bits per heavy atom. The van der Waals surface area contributed by atoms with E-state index in [-0.39, 0.29) is 0 Å². The Labute approximate surface area is 94.2 Å². The second-order valence-corrected chi connectivity index (χ2v) is 4.73. The third-order valence-electron chi connectivity index (χ3n) is 3.11. The van der Waals surface area contributed by atoms with Gasteiger partial charge in [0.05, 0.1) is 6.10 Å². The first-order chi connectivity index (χ1) is 7.24. The molecular weight excluding hydrogens is 188 g/mol. The fraction of sp³-hybridized carbons (Fsp3) is 1.00. The highest BCUT2D eigenvalue weighted by molar-refractivity contribution is 4.76. The van der Waals surface area contributed by atoms with Crippen LogP contribution in [0.2, 0.25) is 0 Å². The zero-order valence-corrected chi connectivity index (χ0v) is 10.5. The summed E-state index contributed by atoms with van der Waals surface area (Å²) in [5.74, 6) is 0.745. The van der Waals surface area contributed by atoms with Gasteiger partial charge in [-0.3, -0.25) is 0 Å². The van der Waals surface area contributed by atoms with Gasteiger partial charge in [-0.15, -0.1) is 0 Å². The average molecular weight is 214 g/mol.